The Bertz CT molecular complexity index is 1040. The van der Waals surface area contributed by atoms with Crippen molar-refractivity contribution in [1.82, 2.24) is 9.78 Å². The Hall–Kier alpha value is -2.86. The van der Waals surface area contributed by atoms with Gasteiger partial charge in [-0.05, 0) is 69.2 Å². The third kappa shape index (κ3) is 4.89. The second-order valence-corrected chi connectivity index (χ2v) is 8.24. The van der Waals surface area contributed by atoms with Gasteiger partial charge in [0, 0.05) is 11.8 Å². The van der Waals surface area contributed by atoms with Gasteiger partial charge in [0.1, 0.15) is 5.03 Å². The van der Waals surface area contributed by atoms with Crippen molar-refractivity contribution in [2.75, 3.05) is 5.32 Å². The first kappa shape index (κ1) is 19.9. The molecule has 0 bridgehead atoms. The minimum atomic E-state index is -0.364. The molecule has 1 unspecified atom stereocenters. The zero-order valence-corrected chi connectivity index (χ0v) is 17.2. The summed E-state index contributed by atoms with van der Waals surface area (Å²) in [6.07, 6.45) is 0. The van der Waals surface area contributed by atoms with Gasteiger partial charge in [0.2, 0.25) is 5.91 Å². The molecule has 0 spiro atoms. The topological polar surface area (TPSA) is 64.0 Å². The number of hydrogen-bond acceptors (Lipinski definition) is 4. The summed E-state index contributed by atoms with van der Waals surface area (Å²) in [6.45, 7) is 7.81. The Kier molecular flexibility index (Phi) is 5.99. The summed E-state index contributed by atoms with van der Waals surface area (Å²) in [7, 11) is 0. The zero-order chi connectivity index (χ0) is 20.3. The fourth-order valence-electron chi connectivity index (χ4n) is 2.85. The van der Waals surface area contributed by atoms with E-state index in [4.69, 9.17) is 0 Å². The molecule has 1 heterocycles. The number of amides is 1. The standard InChI is InChI=1S/C22H23N3O2S/c1-14-5-7-19(8-6-14)25-21(26)10-9-20(24-25)28-17(4)22(27)23-18-12-15(2)11-16(3)13-18/h5-13,17H,1-4H3,(H,23,27). The number of nitrogens with one attached hydrogen (secondary N) is 1. The molecule has 1 atom stereocenters. The van der Waals surface area contributed by atoms with E-state index in [0.29, 0.717) is 10.7 Å². The number of aromatic nitrogens is 2. The lowest BCUT2D eigenvalue weighted by molar-refractivity contribution is -0.115. The summed E-state index contributed by atoms with van der Waals surface area (Å²) in [5.74, 6) is -0.107. The third-order valence-corrected chi connectivity index (χ3v) is 5.24. The Morgan fingerprint density at radius 1 is 0.964 bits per heavy atom. The van der Waals surface area contributed by atoms with Crippen molar-refractivity contribution in [3.8, 4) is 5.69 Å². The fraction of sp³-hybridized carbons (Fsp3) is 0.227. The van der Waals surface area contributed by atoms with Crippen LogP contribution in [0, 0.1) is 20.8 Å². The first-order valence-electron chi connectivity index (χ1n) is 9.05. The molecule has 144 valence electrons. The van der Waals surface area contributed by atoms with Crippen LogP contribution in [0.15, 0.2) is 64.4 Å². The van der Waals surface area contributed by atoms with Crippen molar-refractivity contribution in [1.29, 1.82) is 0 Å². The summed E-state index contributed by atoms with van der Waals surface area (Å²) >= 11 is 1.32. The van der Waals surface area contributed by atoms with E-state index in [9.17, 15) is 9.59 Å². The van der Waals surface area contributed by atoms with Crippen LogP contribution in [0.3, 0.4) is 0 Å². The molecule has 1 N–H and O–H groups in total. The summed E-state index contributed by atoms with van der Waals surface area (Å²) in [6, 6.07) is 16.7. The number of nitrogens with zero attached hydrogens (tertiary/aromatic N) is 2. The monoisotopic (exact) mass is 393 g/mol. The van der Waals surface area contributed by atoms with E-state index in [1.165, 1.54) is 22.5 Å². The van der Waals surface area contributed by atoms with Gasteiger partial charge in [0.15, 0.2) is 0 Å². The maximum Gasteiger partial charge on any atom is 0.271 e. The molecule has 28 heavy (non-hydrogen) atoms. The second kappa shape index (κ2) is 8.44. The quantitative estimate of drug-likeness (QED) is 0.657. The first-order chi connectivity index (χ1) is 13.3. The number of aryl methyl sites for hydroxylation is 3. The molecule has 0 fully saturated rings. The molecular formula is C22H23N3O2S. The summed E-state index contributed by atoms with van der Waals surface area (Å²) < 4.78 is 1.36. The first-order valence-corrected chi connectivity index (χ1v) is 9.93. The van der Waals surface area contributed by atoms with Crippen molar-refractivity contribution in [2.24, 2.45) is 0 Å². The lowest BCUT2D eigenvalue weighted by Crippen LogP contribution is -2.24. The van der Waals surface area contributed by atoms with Crippen LogP contribution in [-0.4, -0.2) is 20.9 Å². The highest BCUT2D eigenvalue weighted by atomic mass is 32.2. The maximum absolute atomic E-state index is 12.6. The Labute approximate surface area is 168 Å². The van der Waals surface area contributed by atoms with Gasteiger partial charge >= 0.3 is 0 Å². The van der Waals surface area contributed by atoms with Crippen LogP contribution in [0.1, 0.15) is 23.6 Å². The molecule has 0 aliphatic heterocycles. The van der Waals surface area contributed by atoms with Gasteiger partial charge in [0.05, 0.1) is 10.9 Å². The number of carbonyl (C=O) groups is 1. The van der Waals surface area contributed by atoms with Crippen LogP contribution in [0.2, 0.25) is 0 Å². The molecule has 1 amide bonds. The summed E-state index contributed by atoms with van der Waals surface area (Å²) in [5, 5.41) is 7.62. The second-order valence-electron chi connectivity index (χ2n) is 6.88. The van der Waals surface area contributed by atoms with Gasteiger partial charge in [-0.3, -0.25) is 9.59 Å². The van der Waals surface area contributed by atoms with E-state index in [1.54, 1.807) is 6.07 Å². The summed E-state index contributed by atoms with van der Waals surface area (Å²) in [4.78, 5) is 24.8. The highest BCUT2D eigenvalue weighted by molar-refractivity contribution is 8.00. The molecule has 0 saturated carbocycles. The maximum atomic E-state index is 12.6. The Balaban J connectivity index is 1.75. The van der Waals surface area contributed by atoms with Crippen molar-refractivity contribution in [2.45, 2.75) is 38.0 Å². The molecule has 2 aromatic carbocycles. The van der Waals surface area contributed by atoms with Crippen molar-refractivity contribution in [3.63, 3.8) is 0 Å². The van der Waals surface area contributed by atoms with Gasteiger partial charge in [-0.1, -0.05) is 35.5 Å². The minimum Gasteiger partial charge on any atom is -0.325 e. The van der Waals surface area contributed by atoms with Crippen LogP contribution in [0.4, 0.5) is 5.69 Å². The molecule has 3 rings (SSSR count). The largest absolute Gasteiger partial charge is 0.325 e. The zero-order valence-electron chi connectivity index (χ0n) is 16.4. The average Bonchev–Trinajstić information content (AvgIpc) is 2.63. The fourth-order valence-corrected chi connectivity index (χ4v) is 3.66. The Morgan fingerprint density at radius 2 is 1.61 bits per heavy atom. The van der Waals surface area contributed by atoms with Gasteiger partial charge in [0.25, 0.3) is 5.56 Å². The third-order valence-electron chi connectivity index (χ3n) is 4.21. The van der Waals surface area contributed by atoms with Crippen LogP contribution in [0.5, 0.6) is 0 Å². The van der Waals surface area contributed by atoms with Gasteiger partial charge in [-0.2, -0.15) is 9.78 Å². The van der Waals surface area contributed by atoms with E-state index < -0.39 is 0 Å². The van der Waals surface area contributed by atoms with E-state index >= 15 is 0 Å². The SMILES string of the molecule is Cc1ccc(-n2nc(SC(C)C(=O)Nc3cc(C)cc(C)c3)ccc2=O)cc1. The predicted molar refractivity (Wildman–Crippen MR) is 114 cm³/mol. The molecular weight excluding hydrogens is 370 g/mol. The molecule has 0 aliphatic rings. The van der Waals surface area contributed by atoms with Crippen molar-refractivity contribution >= 4 is 23.4 Å². The smallest absolute Gasteiger partial charge is 0.271 e. The number of rotatable bonds is 5. The number of thioether (sulfide) groups is 1. The van der Waals surface area contributed by atoms with Gasteiger partial charge in [-0.25, -0.2) is 0 Å². The molecule has 0 saturated heterocycles. The molecule has 6 heteroatoms. The predicted octanol–water partition coefficient (Wildman–Crippen LogP) is 4.28. The van der Waals surface area contributed by atoms with Gasteiger partial charge in [-0.15, -0.1) is 0 Å². The van der Waals surface area contributed by atoms with Crippen LogP contribution in [-0.2, 0) is 4.79 Å². The van der Waals surface area contributed by atoms with Crippen molar-refractivity contribution in [3.05, 3.63) is 81.6 Å². The molecule has 5 nitrogen and oxygen atoms in total. The van der Waals surface area contributed by atoms with E-state index in [-0.39, 0.29) is 16.7 Å². The molecule has 0 aliphatic carbocycles. The normalized spacial score (nSPS) is 11.9. The number of hydrogen-bond donors (Lipinski definition) is 1. The highest BCUT2D eigenvalue weighted by Crippen LogP contribution is 2.22. The van der Waals surface area contributed by atoms with E-state index in [2.05, 4.69) is 16.5 Å². The number of benzene rings is 2. The average molecular weight is 394 g/mol. The molecule has 1 aromatic heterocycles. The number of anilines is 1. The van der Waals surface area contributed by atoms with Gasteiger partial charge < -0.3 is 5.32 Å². The van der Waals surface area contributed by atoms with Crippen LogP contribution < -0.4 is 10.9 Å². The Morgan fingerprint density at radius 3 is 2.25 bits per heavy atom. The highest BCUT2D eigenvalue weighted by Gasteiger charge is 2.16. The lowest BCUT2D eigenvalue weighted by atomic mass is 10.1. The molecule has 0 radical (unpaired) electrons. The van der Waals surface area contributed by atoms with Crippen LogP contribution in [0.25, 0.3) is 5.69 Å². The number of carbonyl (C=O) groups excluding carboxylic acids is 1. The van der Waals surface area contributed by atoms with Crippen molar-refractivity contribution < 1.29 is 4.79 Å². The minimum absolute atomic E-state index is 0.107. The van der Waals surface area contributed by atoms with E-state index in [0.717, 1.165) is 22.4 Å². The van der Waals surface area contributed by atoms with Crippen LogP contribution >= 0.6 is 11.8 Å². The molecule has 3 aromatic rings. The lowest BCUT2D eigenvalue weighted by Gasteiger charge is -2.13. The summed E-state index contributed by atoms with van der Waals surface area (Å²) in [5.41, 5.74) is 4.59. The van der Waals surface area contributed by atoms with E-state index in [1.807, 2.05) is 64.1 Å².